The summed E-state index contributed by atoms with van der Waals surface area (Å²) < 4.78 is 19.5. The normalized spacial score (nSPS) is 20.0. The molecule has 3 aromatic rings. The second-order valence-electron chi connectivity index (χ2n) is 11.7. The van der Waals surface area contributed by atoms with Crippen LogP contribution in [0.25, 0.3) is 0 Å². The number of rotatable bonds is 9. The minimum atomic E-state index is -0.581. The number of halogens is 1. The molecule has 8 nitrogen and oxygen atoms in total. The molecule has 1 aromatic heterocycles. The first-order valence-electron chi connectivity index (χ1n) is 14.7. The zero-order valence-corrected chi connectivity index (χ0v) is 24.5. The molecule has 2 aliphatic rings. The van der Waals surface area contributed by atoms with E-state index in [-0.39, 0.29) is 35.3 Å². The Morgan fingerprint density at radius 2 is 1.88 bits per heavy atom. The summed E-state index contributed by atoms with van der Waals surface area (Å²) in [6.45, 7) is 4.66. The minimum Gasteiger partial charge on any atom is -0.469 e. The van der Waals surface area contributed by atoms with Crippen molar-refractivity contribution in [1.82, 2.24) is 20.4 Å². The van der Waals surface area contributed by atoms with Crippen LogP contribution in [0.2, 0.25) is 0 Å². The van der Waals surface area contributed by atoms with Gasteiger partial charge in [0.25, 0.3) is 11.5 Å². The predicted octanol–water partition coefficient (Wildman–Crippen LogP) is 4.79. The predicted molar refractivity (Wildman–Crippen MR) is 158 cm³/mol. The van der Waals surface area contributed by atoms with Crippen molar-refractivity contribution in [3.8, 4) is 0 Å². The Hall–Kier alpha value is -3.85. The Morgan fingerprint density at radius 3 is 2.60 bits per heavy atom. The molecule has 2 heterocycles. The molecule has 42 heavy (non-hydrogen) atoms. The number of hydrogen-bond acceptors (Lipinski definition) is 6. The van der Waals surface area contributed by atoms with E-state index in [0.717, 1.165) is 60.9 Å². The number of hydrogen-bond donors (Lipinski definition) is 2. The highest BCUT2D eigenvalue weighted by Gasteiger charge is 2.54. The maximum atomic E-state index is 14.2. The van der Waals surface area contributed by atoms with E-state index in [1.165, 1.54) is 13.2 Å². The molecule has 2 aromatic carbocycles. The summed E-state index contributed by atoms with van der Waals surface area (Å²) >= 11 is 0. The van der Waals surface area contributed by atoms with Gasteiger partial charge in [-0.15, -0.1) is 0 Å². The molecule has 5 rings (SSSR count). The molecule has 222 valence electrons. The minimum absolute atomic E-state index is 0.0425. The van der Waals surface area contributed by atoms with Crippen molar-refractivity contribution >= 4 is 11.9 Å². The van der Waals surface area contributed by atoms with Gasteiger partial charge >= 0.3 is 5.97 Å². The molecule has 1 aliphatic heterocycles. The molecule has 1 saturated heterocycles. The summed E-state index contributed by atoms with van der Waals surface area (Å²) in [5, 5.41) is 9.50. The zero-order valence-electron chi connectivity index (χ0n) is 24.5. The van der Waals surface area contributed by atoms with Crippen LogP contribution in [-0.4, -0.2) is 53.2 Å². The number of aryl methyl sites for hydroxylation is 2. The van der Waals surface area contributed by atoms with Gasteiger partial charge in [-0.3, -0.25) is 19.3 Å². The van der Waals surface area contributed by atoms with E-state index >= 15 is 0 Å². The van der Waals surface area contributed by atoms with Gasteiger partial charge in [-0.05, 0) is 86.6 Å². The summed E-state index contributed by atoms with van der Waals surface area (Å²) in [5.74, 6) is -0.641. The highest BCUT2D eigenvalue weighted by molar-refractivity contribution is 5.94. The Balaban J connectivity index is 1.30. The molecular formula is C33H39FN4O4. The number of nitrogens with one attached hydrogen (secondary N) is 2. The SMILES string of the molecule is COC(=O)C1([C@H]2CC[C@@H](c3cccc(F)c3)N2CCNC(=O)c2ccc(Cc3cc(C)n[nH]c3=O)c(C)c2)CCCC1. The lowest BCUT2D eigenvalue weighted by molar-refractivity contribution is -0.157. The first kappa shape index (κ1) is 29.6. The number of esters is 1. The topological polar surface area (TPSA) is 104 Å². The second-order valence-corrected chi connectivity index (χ2v) is 11.7. The summed E-state index contributed by atoms with van der Waals surface area (Å²) in [7, 11) is 1.45. The number of amides is 1. The fraction of sp³-hybridized carbons (Fsp3) is 0.455. The van der Waals surface area contributed by atoms with E-state index in [0.29, 0.717) is 30.6 Å². The Labute approximate surface area is 245 Å². The maximum absolute atomic E-state index is 14.2. The van der Waals surface area contributed by atoms with Crippen LogP contribution in [0.4, 0.5) is 4.39 Å². The third-order valence-corrected chi connectivity index (χ3v) is 9.12. The molecular weight excluding hydrogens is 535 g/mol. The van der Waals surface area contributed by atoms with Gasteiger partial charge in [0.15, 0.2) is 0 Å². The third kappa shape index (κ3) is 6.02. The Kier molecular flexibility index (Phi) is 8.87. The van der Waals surface area contributed by atoms with Crippen LogP contribution >= 0.6 is 0 Å². The number of H-pyrrole nitrogens is 1. The van der Waals surface area contributed by atoms with Crippen molar-refractivity contribution < 1.29 is 18.7 Å². The number of carbonyl (C=O) groups is 2. The lowest BCUT2D eigenvalue weighted by Crippen LogP contribution is -2.50. The molecule has 9 heteroatoms. The van der Waals surface area contributed by atoms with Crippen molar-refractivity contribution in [1.29, 1.82) is 0 Å². The molecule has 2 fully saturated rings. The van der Waals surface area contributed by atoms with Crippen LogP contribution in [0.5, 0.6) is 0 Å². The van der Waals surface area contributed by atoms with E-state index in [9.17, 15) is 18.8 Å². The summed E-state index contributed by atoms with van der Waals surface area (Å²) in [6, 6.07) is 13.9. The zero-order chi connectivity index (χ0) is 29.9. The first-order valence-corrected chi connectivity index (χ1v) is 14.7. The molecule has 0 unspecified atom stereocenters. The van der Waals surface area contributed by atoms with Gasteiger partial charge in [0, 0.05) is 42.7 Å². The summed E-state index contributed by atoms with van der Waals surface area (Å²) in [4.78, 5) is 40.8. The van der Waals surface area contributed by atoms with Crippen LogP contribution < -0.4 is 10.9 Å². The van der Waals surface area contributed by atoms with Crippen molar-refractivity contribution in [3.05, 3.63) is 98.2 Å². The van der Waals surface area contributed by atoms with Crippen LogP contribution in [0.15, 0.2) is 53.3 Å². The number of aromatic amines is 1. The number of nitrogens with zero attached hydrogens (tertiary/aromatic N) is 2. The fourth-order valence-electron chi connectivity index (χ4n) is 7.06. The van der Waals surface area contributed by atoms with Crippen LogP contribution in [0.1, 0.15) is 82.9 Å². The van der Waals surface area contributed by atoms with Gasteiger partial charge in [0.1, 0.15) is 5.82 Å². The van der Waals surface area contributed by atoms with Gasteiger partial charge in [-0.1, -0.05) is 31.0 Å². The highest BCUT2D eigenvalue weighted by atomic mass is 19.1. The number of likely N-dealkylation sites (tertiary alicyclic amines) is 1. The molecule has 0 radical (unpaired) electrons. The number of benzene rings is 2. The molecule has 1 amide bonds. The quantitative estimate of drug-likeness (QED) is 0.357. The number of methoxy groups -OCH3 is 1. The van der Waals surface area contributed by atoms with E-state index in [4.69, 9.17) is 4.74 Å². The van der Waals surface area contributed by atoms with Gasteiger partial charge in [-0.25, -0.2) is 9.49 Å². The Morgan fingerprint density at radius 1 is 1.10 bits per heavy atom. The average Bonchev–Trinajstić information content (AvgIpc) is 3.64. The average molecular weight is 575 g/mol. The first-order chi connectivity index (χ1) is 20.2. The molecule has 0 spiro atoms. The van der Waals surface area contributed by atoms with Crippen molar-refractivity contribution in [3.63, 3.8) is 0 Å². The molecule has 2 N–H and O–H groups in total. The van der Waals surface area contributed by atoms with Crippen molar-refractivity contribution in [2.24, 2.45) is 5.41 Å². The number of carbonyl (C=O) groups excluding carboxylic acids is 2. The van der Waals surface area contributed by atoms with Crippen LogP contribution in [-0.2, 0) is 16.0 Å². The van der Waals surface area contributed by atoms with Gasteiger partial charge in [-0.2, -0.15) is 5.10 Å². The van der Waals surface area contributed by atoms with E-state index < -0.39 is 5.41 Å². The lowest BCUT2D eigenvalue weighted by atomic mass is 9.77. The summed E-state index contributed by atoms with van der Waals surface area (Å²) in [6.07, 6.45) is 5.58. The smallest absolute Gasteiger partial charge is 0.313 e. The monoisotopic (exact) mass is 574 g/mol. The summed E-state index contributed by atoms with van der Waals surface area (Å²) in [5.41, 5.74) is 3.88. The number of aromatic nitrogens is 2. The maximum Gasteiger partial charge on any atom is 0.313 e. The van der Waals surface area contributed by atoms with Gasteiger partial charge in [0.2, 0.25) is 0 Å². The lowest BCUT2D eigenvalue weighted by Gasteiger charge is -2.40. The molecule has 0 bridgehead atoms. The van der Waals surface area contributed by atoms with E-state index in [1.807, 2.05) is 32.0 Å². The highest BCUT2D eigenvalue weighted by Crippen LogP contribution is 2.51. The van der Waals surface area contributed by atoms with Crippen molar-refractivity contribution in [2.75, 3.05) is 20.2 Å². The van der Waals surface area contributed by atoms with Gasteiger partial charge < -0.3 is 10.1 Å². The van der Waals surface area contributed by atoms with E-state index in [2.05, 4.69) is 20.4 Å². The molecule has 1 saturated carbocycles. The third-order valence-electron chi connectivity index (χ3n) is 9.12. The van der Waals surface area contributed by atoms with Gasteiger partial charge in [0.05, 0.1) is 18.2 Å². The molecule has 2 atom stereocenters. The van der Waals surface area contributed by atoms with E-state index in [1.54, 1.807) is 24.3 Å². The molecule has 1 aliphatic carbocycles. The van der Waals surface area contributed by atoms with Crippen LogP contribution in [0, 0.1) is 25.1 Å². The standard InChI is InChI=1S/C33H39FN4O4/c1-21-17-25(10-9-23(21)19-26-18-22(2)36-37-31(26)40)30(39)35-15-16-38-28(24-7-6-8-27(34)20-24)11-12-29(38)33(32(41)42-3)13-4-5-14-33/h6-10,17-18,20,28-29H,4-5,11-16,19H2,1-3H3,(H,35,39)(H,37,40)/t28-,29+/m0/s1. The van der Waals surface area contributed by atoms with Crippen LogP contribution in [0.3, 0.4) is 0 Å². The Bertz CT molecular complexity index is 1510. The van der Waals surface area contributed by atoms with Crippen molar-refractivity contribution in [2.45, 2.75) is 70.9 Å². The fourth-order valence-corrected chi connectivity index (χ4v) is 7.06. The largest absolute Gasteiger partial charge is 0.469 e. The second kappa shape index (κ2) is 12.6. The number of ether oxygens (including phenoxy) is 1.